The van der Waals surface area contributed by atoms with Gasteiger partial charge in [-0.1, -0.05) is 31.0 Å². The molecule has 4 aromatic rings. The summed E-state index contributed by atoms with van der Waals surface area (Å²) in [7, 11) is 4.92. The molecule has 0 amide bonds. The third-order valence-electron chi connectivity index (χ3n) is 6.75. The van der Waals surface area contributed by atoms with Gasteiger partial charge >= 0.3 is 0 Å². The van der Waals surface area contributed by atoms with Crippen molar-refractivity contribution in [3.8, 4) is 34.2 Å². The molecule has 1 aliphatic carbocycles. The van der Waals surface area contributed by atoms with Crippen LogP contribution >= 0.6 is 0 Å². The molecule has 0 atom stereocenters. The number of hydrogen-bond acceptors (Lipinski definition) is 5. The number of pyridine rings is 1. The number of ether oxygens (including phenoxy) is 3. The van der Waals surface area contributed by atoms with Crippen LogP contribution in [0.5, 0.6) is 17.2 Å². The van der Waals surface area contributed by atoms with Crippen LogP contribution in [-0.4, -0.2) is 36.1 Å². The molecule has 176 valence electrons. The Labute approximate surface area is 200 Å². The van der Waals surface area contributed by atoms with E-state index in [1.54, 1.807) is 21.3 Å². The Morgan fingerprint density at radius 2 is 1.44 bits per heavy atom. The van der Waals surface area contributed by atoms with Crippen LogP contribution in [0.1, 0.15) is 42.5 Å². The standard InChI is InChI=1S/C28H31N3O3/c1-18-25-21-14-10-5-6-11-15-22(21)26(19-16-23(32-2)27(34-4)24(17-19)33-3)29-28(25)31(30-18)20-12-8-7-9-13-20/h7-9,12-13,16-17H,5-6,10-11,14-15H2,1-4H3. The largest absolute Gasteiger partial charge is 0.493 e. The highest BCUT2D eigenvalue weighted by Gasteiger charge is 2.24. The Kier molecular flexibility index (Phi) is 6.14. The predicted molar refractivity (Wildman–Crippen MR) is 135 cm³/mol. The molecule has 0 unspecified atom stereocenters. The summed E-state index contributed by atoms with van der Waals surface area (Å²) < 4.78 is 18.9. The van der Waals surface area contributed by atoms with E-state index >= 15 is 0 Å². The van der Waals surface area contributed by atoms with Gasteiger partial charge in [0.15, 0.2) is 17.1 Å². The van der Waals surface area contributed by atoms with E-state index in [2.05, 4.69) is 19.1 Å². The highest BCUT2D eigenvalue weighted by Crippen LogP contribution is 2.43. The Balaban J connectivity index is 1.84. The predicted octanol–water partition coefficient (Wildman–Crippen LogP) is 6.08. The number of para-hydroxylation sites is 1. The fraction of sp³-hybridized carbons (Fsp3) is 0.357. The summed E-state index contributed by atoms with van der Waals surface area (Å²) in [5.74, 6) is 1.85. The lowest BCUT2D eigenvalue weighted by atomic mass is 9.88. The maximum absolute atomic E-state index is 5.66. The molecular formula is C28H31N3O3. The first kappa shape index (κ1) is 22.3. The molecule has 2 aromatic heterocycles. The summed E-state index contributed by atoms with van der Waals surface area (Å²) in [6.07, 6.45) is 6.87. The second-order valence-electron chi connectivity index (χ2n) is 8.78. The number of benzene rings is 2. The van der Waals surface area contributed by atoms with Crippen molar-refractivity contribution in [2.45, 2.75) is 45.4 Å². The van der Waals surface area contributed by atoms with E-state index in [-0.39, 0.29) is 0 Å². The van der Waals surface area contributed by atoms with Crippen molar-refractivity contribution in [3.05, 3.63) is 59.3 Å². The second-order valence-corrected chi connectivity index (χ2v) is 8.78. The van der Waals surface area contributed by atoms with Crippen LogP contribution in [0, 0.1) is 6.92 Å². The van der Waals surface area contributed by atoms with Gasteiger partial charge in [0.25, 0.3) is 0 Å². The number of fused-ring (bicyclic) bond motifs is 3. The van der Waals surface area contributed by atoms with E-state index in [4.69, 9.17) is 24.3 Å². The summed E-state index contributed by atoms with van der Waals surface area (Å²) in [5, 5.41) is 6.13. The first-order valence-corrected chi connectivity index (χ1v) is 11.9. The summed E-state index contributed by atoms with van der Waals surface area (Å²) >= 11 is 0. The Morgan fingerprint density at radius 3 is 2.06 bits per heavy atom. The van der Waals surface area contributed by atoms with Gasteiger partial charge in [-0.3, -0.25) is 0 Å². The van der Waals surface area contributed by atoms with Crippen molar-refractivity contribution in [1.82, 2.24) is 14.8 Å². The number of nitrogens with zero attached hydrogens (tertiary/aromatic N) is 3. The Hall–Kier alpha value is -3.54. The molecule has 0 aliphatic heterocycles. The van der Waals surface area contributed by atoms with Crippen LogP contribution in [0.15, 0.2) is 42.5 Å². The molecule has 6 nitrogen and oxygen atoms in total. The van der Waals surface area contributed by atoms with Gasteiger partial charge in [-0.15, -0.1) is 0 Å². The van der Waals surface area contributed by atoms with Gasteiger partial charge in [0.2, 0.25) is 5.75 Å². The average Bonchev–Trinajstić information content (AvgIpc) is 3.19. The van der Waals surface area contributed by atoms with E-state index in [1.807, 2.05) is 35.0 Å². The van der Waals surface area contributed by atoms with Crippen molar-refractivity contribution in [2.24, 2.45) is 0 Å². The summed E-state index contributed by atoms with van der Waals surface area (Å²) in [6.45, 7) is 2.10. The van der Waals surface area contributed by atoms with Crippen LogP contribution in [0.25, 0.3) is 28.0 Å². The molecule has 0 radical (unpaired) electrons. The summed E-state index contributed by atoms with van der Waals surface area (Å²) in [6, 6.07) is 14.2. The minimum atomic E-state index is 0.586. The number of aromatic nitrogens is 3. The molecule has 0 saturated carbocycles. The van der Waals surface area contributed by atoms with Crippen LogP contribution in [0.4, 0.5) is 0 Å². The van der Waals surface area contributed by atoms with Crippen LogP contribution in [0.2, 0.25) is 0 Å². The maximum atomic E-state index is 5.66. The number of methoxy groups -OCH3 is 3. The minimum Gasteiger partial charge on any atom is -0.493 e. The molecule has 0 saturated heterocycles. The molecule has 0 fully saturated rings. The minimum absolute atomic E-state index is 0.586. The van der Waals surface area contributed by atoms with Gasteiger partial charge in [-0.25, -0.2) is 9.67 Å². The SMILES string of the molecule is COc1cc(-c2nc3c(c(C)nn3-c3ccccc3)c3c2CCCCCC3)cc(OC)c1OC. The fourth-order valence-electron chi connectivity index (χ4n) is 5.15. The number of aryl methyl sites for hydroxylation is 2. The van der Waals surface area contributed by atoms with E-state index in [9.17, 15) is 0 Å². The van der Waals surface area contributed by atoms with Crippen molar-refractivity contribution >= 4 is 11.0 Å². The van der Waals surface area contributed by atoms with Crippen molar-refractivity contribution in [3.63, 3.8) is 0 Å². The third-order valence-corrected chi connectivity index (χ3v) is 6.75. The Morgan fingerprint density at radius 1 is 0.794 bits per heavy atom. The van der Waals surface area contributed by atoms with Crippen LogP contribution < -0.4 is 14.2 Å². The monoisotopic (exact) mass is 457 g/mol. The molecule has 1 aliphatic rings. The molecule has 6 heteroatoms. The topological polar surface area (TPSA) is 58.4 Å². The zero-order chi connectivity index (χ0) is 23.7. The van der Waals surface area contributed by atoms with Gasteiger partial charge < -0.3 is 14.2 Å². The fourth-order valence-corrected chi connectivity index (χ4v) is 5.15. The molecule has 34 heavy (non-hydrogen) atoms. The van der Waals surface area contributed by atoms with Gasteiger partial charge in [-0.05, 0) is 68.0 Å². The van der Waals surface area contributed by atoms with E-state index < -0.39 is 0 Å². The molecule has 0 N–H and O–H groups in total. The lowest BCUT2D eigenvalue weighted by Crippen LogP contribution is -2.07. The van der Waals surface area contributed by atoms with Crippen LogP contribution in [0.3, 0.4) is 0 Å². The Bertz CT molecular complexity index is 1300. The average molecular weight is 458 g/mol. The van der Waals surface area contributed by atoms with Gasteiger partial charge in [0, 0.05) is 10.9 Å². The molecular weight excluding hydrogens is 426 g/mol. The molecule has 5 rings (SSSR count). The smallest absolute Gasteiger partial charge is 0.203 e. The van der Waals surface area contributed by atoms with E-state index in [0.29, 0.717) is 17.2 Å². The maximum Gasteiger partial charge on any atom is 0.203 e. The lowest BCUT2D eigenvalue weighted by Gasteiger charge is -2.20. The summed E-state index contributed by atoms with van der Waals surface area (Å²) in [5.41, 5.74) is 7.57. The van der Waals surface area contributed by atoms with Crippen molar-refractivity contribution in [1.29, 1.82) is 0 Å². The van der Waals surface area contributed by atoms with Gasteiger partial charge in [-0.2, -0.15) is 5.10 Å². The number of rotatable bonds is 5. The van der Waals surface area contributed by atoms with Crippen LogP contribution in [-0.2, 0) is 12.8 Å². The van der Waals surface area contributed by atoms with Crippen molar-refractivity contribution in [2.75, 3.05) is 21.3 Å². The first-order valence-electron chi connectivity index (χ1n) is 11.9. The highest BCUT2D eigenvalue weighted by molar-refractivity contribution is 5.89. The lowest BCUT2D eigenvalue weighted by molar-refractivity contribution is 0.324. The van der Waals surface area contributed by atoms with Gasteiger partial charge in [0.05, 0.1) is 38.4 Å². The van der Waals surface area contributed by atoms with Gasteiger partial charge in [0.1, 0.15) is 0 Å². The van der Waals surface area contributed by atoms with Crippen molar-refractivity contribution < 1.29 is 14.2 Å². The zero-order valence-corrected chi connectivity index (χ0v) is 20.4. The quantitative estimate of drug-likeness (QED) is 0.363. The molecule has 0 bridgehead atoms. The zero-order valence-electron chi connectivity index (χ0n) is 20.4. The van der Waals surface area contributed by atoms with E-state index in [1.165, 1.54) is 35.8 Å². The summed E-state index contributed by atoms with van der Waals surface area (Å²) in [4.78, 5) is 5.28. The second kappa shape index (κ2) is 9.37. The number of hydrogen-bond donors (Lipinski definition) is 0. The molecule has 2 aromatic carbocycles. The van der Waals surface area contributed by atoms with E-state index in [0.717, 1.165) is 47.5 Å². The molecule has 2 heterocycles. The first-order chi connectivity index (χ1) is 16.7. The highest BCUT2D eigenvalue weighted by atomic mass is 16.5. The normalized spacial score (nSPS) is 13.8. The third kappa shape index (κ3) is 3.77. The molecule has 0 spiro atoms.